The van der Waals surface area contributed by atoms with E-state index in [-0.39, 0.29) is 11.6 Å². The van der Waals surface area contributed by atoms with Crippen molar-refractivity contribution in [3.63, 3.8) is 0 Å². The lowest BCUT2D eigenvalue weighted by molar-refractivity contribution is 0.102. The Morgan fingerprint density at radius 2 is 1.83 bits per heavy atom. The van der Waals surface area contributed by atoms with E-state index in [1.54, 1.807) is 18.5 Å². The summed E-state index contributed by atoms with van der Waals surface area (Å²) >= 11 is 0. The second kappa shape index (κ2) is 6.00. The Labute approximate surface area is 132 Å². The third-order valence-corrected chi connectivity index (χ3v) is 3.62. The van der Waals surface area contributed by atoms with Gasteiger partial charge in [-0.3, -0.25) is 4.79 Å². The molecular weight excluding hydrogens is 295 g/mol. The molecular formula is C17H15FN4O. The van der Waals surface area contributed by atoms with Crippen molar-refractivity contribution >= 4 is 11.6 Å². The van der Waals surface area contributed by atoms with Crippen molar-refractivity contribution in [3.05, 3.63) is 71.8 Å². The van der Waals surface area contributed by atoms with Crippen molar-refractivity contribution in [2.75, 3.05) is 5.32 Å². The molecule has 0 saturated heterocycles. The summed E-state index contributed by atoms with van der Waals surface area (Å²) in [6.45, 7) is 3.95. The van der Waals surface area contributed by atoms with Gasteiger partial charge >= 0.3 is 0 Å². The molecule has 0 atom stereocenters. The number of amides is 1. The van der Waals surface area contributed by atoms with Crippen LogP contribution in [0.1, 0.15) is 21.9 Å². The van der Waals surface area contributed by atoms with Gasteiger partial charge < -0.3 is 9.88 Å². The van der Waals surface area contributed by atoms with Crippen LogP contribution in [0.3, 0.4) is 0 Å². The fourth-order valence-corrected chi connectivity index (χ4v) is 2.17. The highest BCUT2D eigenvalue weighted by atomic mass is 19.1. The molecule has 0 spiro atoms. The maximum atomic E-state index is 12.8. The Morgan fingerprint density at radius 3 is 2.39 bits per heavy atom. The molecule has 1 aromatic carbocycles. The fraction of sp³-hybridized carbons (Fsp3) is 0.118. The van der Waals surface area contributed by atoms with Crippen molar-refractivity contribution < 1.29 is 9.18 Å². The molecule has 0 bridgehead atoms. The molecule has 0 aliphatic heterocycles. The number of nitrogens with one attached hydrogen (secondary N) is 1. The number of imidazole rings is 1. The first kappa shape index (κ1) is 14.9. The molecule has 0 unspecified atom stereocenters. The Morgan fingerprint density at radius 1 is 1.09 bits per heavy atom. The van der Waals surface area contributed by atoms with Crippen LogP contribution in [0.5, 0.6) is 0 Å². The van der Waals surface area contributed by atoms with Gasteiger partial charge in [-0.15, -0.1) is 0 Å². The van der Waals surface area contributed by atoms with Gasteiger partial charge in [0, 0.05) is 17.1 Å². The van der Waals surface area contributed by atoms with Crippen LogP contribution >= 0.6 is 0 Å². The average molecular weight is 310 g/mol. The molecule has 1 amide bonds. The standard InChI is InChI=1S/C17H15FN4O/c1-11-12(2)22(10-20-11)15-6-4-14(5-7-15)21-17(23)16-8-3-13(18)9-19-16/h3-10H,1-2H3,(H,21,23). The van der Waals surface area contributed by atoms with Gasteiger partial charge in [0.25, 0.3) is 5.91 Å². The molecule has 5 nitrogen and oxygen atoms in total. The molecule has 116 valence electrons. The lowest BCUT2D eigenvalue weighted by atomic mass is 10.2. The van der Waals surface area contributed by atoms with Crippen molar-refractivity contribution in [2.24, 2.45) is 0 Å². The van der Waals surface area contributed by atoms with E-state index in [1.807, 2.05) is 30.5 Å². The van der Waals surface area contributed by atoms with Crippen LogP contribution in [0.4, 0.5) is 10.1 Å². The smallest absolute Gasteiger partial charge is 0.274 e. The predicted molar refractivity (Wildman–Crippen MR) is 85.2 cm³/mol. The molecule has 1 N–H and O–H groups in total. The molecule has 3 rings (SSSR count). The molecule has 23 heavy (non-hydrogen) atoms. The largest absolute Gasteiger partial charge is 0.321 e. The first-order valence-electron chi connectivity index (χ1n) is 7.08. The third kappa shape index (κ3) is 3.11. The number of nitrogens with zero attached hydrogens (tertiary/aromatic N) is 3. The number of carbonyl (C=O) groups is 1. The number of anilines is 1. The number of benzene rings is 1. The van der Waals surface area contributed by atoms with Gasteiger partial charge in [-0.1, -0.05) is 0 Å². The van der Waals surface area contributed by atoms with Gasteiger partial charge in [-0.05, 0) is 50.2 Å². The summed E-state index contributed by atoms with van der Waals surface area (Å²) in [6, 6.07) is 9.92. The van der Waals surface area contributed by atoms with Crippen molar-refractivity contribution in [1.29, 1.82) is 0 Å². The van der Waals surface area contributed by atoms with E-state index in [0.29, 0.717) is 5.69 Å². The van der Waals surface area contributed by atoms with E-state index in [0.717, 1.165) is 23.3 Å². The summed E-state index contributed by atoms with van der Waals surface area (Å²) in [7, 11) is 0. The Hall–Kier alpha value is -3.02. The number of carbonyl (C=O) groups excluding carboxylic acids is 1. The molecule has 0 fully saturated rings. The zero-order valence-corrected chi connectivity index (χ0v) is 12.7. The van der Waals surface area contributed by atoms with E-state index in [2.05, 4.69) is 15.3 Å². The number of rotatable bonds is 3. The first-order chi connectivity index (χ1) is 11.0. The Kier molecular flexibility index (Phi) is 3.89. The maximum Gasteiger partial charge on any atom is 0.274 e. The summed E-state index contributed by atoms with van der Waals surface area (Å²) in [5.74, 6) is -0.857. The summed E-state index contributed by atoms with van der Waals surface area (Å²) in [6.07, 6.45) is 2.78. The number of aryl methyl sites for hydroxylation is 1. The minimum atomic E-state index is -0.475. The average Bonchev–Trinajstić information content (AvgIpc) is 2.88. The lowest BCUT2D eigenvalue weighted by Crippen LogP contribution is -2.13. The zero-order chi connectivity index (χ0) is 16.4. The topological polar surface area (TPSA) is 59.8 Å². The van der Waals surface area contributed by atoms with Crippen molar-refractivity contribution in [2.45, 2.75) is 13.8 Å². The molecule has 3 aromatic rings. The first-order valence-corrected chi connectivity index (χ1v) is 7.08. The van der Waals surface area contributed by atoms with E-state index >= 15 is 0 Å². The summed E-state index contributed by atoms with van der Waals surface area (Å²) < 4.78 is 14.8. The van der Waals surface area contributed by atoms with Gasteiger partial charge in [0.05, 0.1) is 18.2 Å². The van der Waals surface area contributed by atoms with Gasteiger partial charge in [-0.2, -0.15) is 0 Å². The highest BCUT2D eigenvalue weighted by molar-refractivity contribution is 6.02. The van der Waals surface area contributed by atoms with Crippen LogP contribution in [-0.4, -0.2) is 20.4 Å². The van der Waals surface area contributed by atoms with E-state index in [1.165, 1.54) is 12.1 Å². The van der Waals surface area contributed by atoms with E-state index < -0.39 is 5.82 Å². The van der Waals surface area contributed by atoms with Crippen LogP contribution in [0.2, 0.25) is 0 Å². The highest BCUT2D eigenvalue weighted by Crippen LogP contribution is 2.17. The number of pyridine rings is 1. The quantitative estimate of drug-likeness (QED) is 0.807. The van der Waals surface area contributed by atoms with E-state index in [4.69, 9.17) is 0 Å². The monoisotopic (exact) mass is 310 g/mol. The van der Waals surface area contributed by atoms with Crippen LogP contribution in [0, 0.1) is 19.7 Å². The molecule has 2 aromatic heterocycles. The van der Waals surface area contributed by atoms with Gasteiger partial charge in [0.15, 0.2) is 0 Å². The Balaban J connectivity index is 1.76. The summed E-state index contributed by atoms with van der Waals surface area (Å²) in [5, 5.41) is 2.73. The second-order valence-corrected chi connectivity index (χ2v) is 5.15. The molecule has 0 radical (unpaired) electrons. The molecule has 6 heteroatoms. The summed E-state index contributed by atoms with van der Waals surface area (Å²) in [5.41, 5.74) is 3.80. The maximum absolute atomic E-state index is 12.8. The van der Waals surface area contributed by atoms with Crippen molar-refractivity contribution in [3.8, 4) is 5.69 Å². The molecule has 2 heterocycles. The number of hydrogen-bond donors (Lipinski definition) is 1. The Bertz CT molecular complexity index is 838. The van der Waals surface area contributed by atoms with Crippen molar-refractivity contribution in [1.82, 2.24) is 14.5 Å². The molecule has 0 saturated carbocycles. The molecule has 0 aliphatic carbocycles. The van der Waals surface area contributed by atoms with Crippen LogP contribution < -0.4 is 5.32 Å². The normalized spacial score (nSPS) is 10.6. The number of hydrogen-bond acceptors (Lipinski definition) is 3. The van der Waals surface area contributed by atoms with Gasteiger partial charge in [0.2, 0.25) is 0 Å². The summed E-state index contributed by atoms with van der Waals surface area (Å²) in [4.78, 5) is 20.0. The number of halogens is 1. The van der Waals surface area contributed by atoms with Crippen LogP contribution in [0.25, 0.3) is 5.69 Å². The third-order valence-electron chi connectivity index (χ3n) is 3.62. The SMILES string of the molecule is Cc1ncn(-c2ccc(NC(=O)c3ccc(F)cn3)cc2)c1C. The lowest BCUT2D eigenvalue weighted by Gasteiger charge is -2.08. The number of aromatic nitrogens is 3. The van der Waals surface area contributed by atoms with Gasteiger partial charge in [0.1, 0.15) is 11.5 Å². The van der Waals surface area contributed by atoms with Crippen LogP contribution in [-0.2, 0) is 0 Å². The molecule has 0 aliphatic rings. The minimum Gasteiger partial charge on any atom is -0.321 e. The fourth-order valence-electron chi connectivity index (χ4n) is 2.17. The van der Waals surface area contributed by atoms with E-state index in [9.17, 15) is 9.18 Å². The minimum absolute atomic E-state index is 0.163. The predicted octanol–water partition coefficient (Wildman–Crippen LogP) is 3.28. The zero-order valence-electron chi connectivity index (χ0n) is 12.7. The van der Waals surface area contributed by atoms with Gasteiger partial charge in [-0.25, -0.2) is 14.4 Å². The van der Waals surface area contributed by atoms with Crippen LogP contribution in [0.15, 0.2) is 48.9 Å². The highest BCUT2D eigenvalue weighted by Gasteiger charge is 2.08. The second-order valence-electron chi connectivity index (χ2n) is 5.15.